The summed E-state index contributed by atoms with van der Waals surface area (Å²) in [4.78, 5) is 0. The van der Waals surface area contributed by atoms with Crippen LogP contribution in [0.1, 0.15) is 30.8 Å². The van der Waals surface area contributed by atoms with Gasteiger partial charge in [0, 0.05) is 17.8 Å². The molecule has 0 aliphatic carbocycles. The molecule has 0 atom stereocenters. The van der Waals surface area contributed by atoms with Gasteiger partial charge in [0.2, 0.25) is 0 Å². The molecule has 0 aliphatic heterocycles. The Hall–Kier alpha value is -0.910. The van der Waals surface area contributed by atoms with E-state index in [-0.39, 0.29) is 6.61 Å². The molecule has 0 saturated carbocycles. The van der Waals surface area contributed by atoms with Crippen LogP contribution in [0.4, 0.5) is 0 Å². The summed E-state index contributed by atoms with van der Waals surface area (Å²) < 4.78 is 7.26. The summed E-state index contributed by atoms with van der Waals surface area (Å²) >= 11 is 0. The van der Waals surface area contributed by atoms with E-state index in [1.54, 1.807) is 0 Å². The molecular weight excluding hydrogens is 242 g/mol. The molecule has 0 unspecified atom stereocenters. The first kappa shape index (κ1) is 16.1. The van der Waals surface area contributed by atoms with E-state index < -0.39 is 0 Å². The van der Waals surface area contributed by atoms with Crippen LogP contribution in [-0.2, 0) is 17.8 Å². The standard InChI is InChI=1S/C14H27N3O2/c1-11(2)9-15-10-14-12(3)16-17(13(14)4)5-7-19-8-6-18/h11,15,18H,5-10H2,1-4H3. The van der Waals surface area contributed by atoms with Gasteiger partial charge in [-0.25, -0.2) is 0 Å². The zero-order valence-electron chi connectivity index (χ0n) is 12.6. The van der Waals surface area contributed by atoms with Crippen LogP contribution in [0.25, 0.3) is 0 Å². The van der Waals surface area contributed by atoms with Gasteiger partial charge in [-0.2, -0.15) is 5.10 Å². The average Bonchev–Trinajstić information content (AvgIpc) is 2.62. The van der Waals surface area contributed by atoms with Gasteiger partial charge in [0.1, 0.15) is 0 Å². The van der Waals surface area contributed by atoms with Gasteiger partial charge < -0.3 is 15.2 Å². The summed E-state index contributed by atoms with van der Waals surface area (Å²) in [7, 11) is 0. The van der Waals surface area contributed by atoms with Crippen molar-refractivity contribution in [1.29, 1.82) is 0 Å². The Morgan fingerprint density at radius 1 is 1.32 bits per heavy atom. The normalized spacial score (nSPS) is 11.5. The minimum atomic E-state index is 0.0709. The number of aliphatic hydroxyl groups excluding tert-OH is 1. The molecule has 2 N–H and O–H groups in total. The van der Waals surface area contributed by atoms with E-state index in [1.807, 2.05) is 11.6 Å². The lowest BCUT2D eigenvalue weighted by Crippen LogP contribution is -2.19. The molecule has 19 heavy (non-hydrogen) atoms. The number of hydrogen-bond acceptors (Lipinski definition) is 4. The van der Waals surface area contributed by atoms with E-state index in [0.29, 0.717) is 19.1 Å². The highest BCUT2D eigenvalue weighted by Crippen LogP contribution is 2.12. The molecule has 0 bridgehead atoms. The summed E-state index contributed by atoms with van der Waals surface area (Å²) in [6.07, 6.45) is 0. The average molecular weight is 269 g/mol. The summed E-state index contributed by atoms with van der Waals surface area (Å²) in [6, 6.07) is 0. The van der Waals surface area contributed by atoms with Crippen LogP contribution >= 0.6 is 0 Å². The van der Waals surface area contributed by atoms with E-state index in [2.05, 4.69) is 31.2 Å². The van der Waals surface area contributed by atoms with Crippen LogP contribution in [-0.4, -0.2) is 41.3 Å². The van der Waals surface area contributed by atoms with Gasteiger partial charge in [-0.1, -0.05) is 13.8 Å². The molecule has 110 valence electrons. The van der Waals surface area contributed by atoms with Crippen molar-refractivity contribution in [2.24, 2.45) is 5.92 Å². The molecule has 0 amide bonds. The first-order chi connectivity index (χ1) is 9.06. The number of rotatable bonds is 9. The number of hydrogen-bond donors (Lipinski definition) is 2. The Labute approximate surface area is 116 Å². The molecule has 1 aromatic rings. The van der Waals surface area contributed by atoms with E-state index >= 15 is 0 Å². The molecule has 0 fully saturated rings. The molecule has 1 heterocycles. The molecule has 0 spiro atoms. The van der Waals surface area contributed by atoms with Crippen molar-refractivity contribution in [3.63, 3.8) is 0 Å². The number of aryl methyl sites for hydroxylation is 1. The summed E-state index contributed by atoms with van der Waals surface area (Å²) in [6.45, 7) is 12.2. The Balaban J connectivity index is 2.51. The van der Waals surface area contributed by atoms with Gasteiger partial charge in [-0.05, 0) is 26.3 Å². The molecule has 0 aromatic carbocycles. The highest BCUT2D eigenvalue weighted by Gasteiger charge is 2.10. The molecule has 5 heteroatoms. The van der Waals surface area contributed by atoms with Crippen LogP contribution in [0, 0.1) is 19.8 Å². The van der Waals surface area contributed by atoms with Crippen molar-refractivity contribution in [1.82, 2.24) is 15.1 Å². The van der Waals surface area contributed by atoms with E-state index in [4.69, 9.17) is 9.84 Å². The highest BCUT2D eigenvalue weighted by atomic mass is 16.5. The third-order valence-electron chi connectivity index (χ3n) is 3.07. The van der Waals surface area contributed by atoms with Crippen LogP contribution in [0.5, 0.6) is 0 Å². The summed E-state index contributed by atoms with van der Waals surface area (Å²) in [5.41, 5.74) is 3.56. The maximum absolute atomic E-state index is 8.65. The zero-order valence-corrected chi connectivity index (χ0v) is 12.6. The Morgan fingerprint density at radius 2 is 2.05 bits per heavy atom. The molecule has 1 rings (SSSR count). The Kier molecular flexibility index (Phi) is 7.05. The predicted molar refractivity (Wildman–Crippen MR) is 76.2 cm³/mol. The Bertz CT molecular complexity index is 375. The predicted octanol–water partition coefficient (Wildman–Crippen LogP) is 1.25. The smallest absolute Gasteiger partial charge is 0.0698 e. The minimum Gasteiger partial charge on any atom is -0.394 e. The highest BCUT2D eigenvalue weighted by molar-refractivity contribution is 5.24. The quantitative estimate of drug-likeness (QED) is 0.663. The van der Waals surface area contributed by atoms with E-state index in [9.17, 15) is 0 Å². The second-order valence-electron chi connectivity index (χ2n) is 5.23. The zero-order chi connectivity index (χ0) is 14.3. The number of nitrogens with zero attached hydrogens (tertiary/aromatic N) is 2. The second-order valence-corrected chi connectivity index (χ2v) is 5.23. The maximum atomic E-state index is 8.65. The lowest BCUT2D eigenvalue weighted by molar-refractivity contribution is 0.0850. The fourth-order valence-electron chi connectivity index (χ4n) is 2.01. The van der Waals surface area contributed by atoms with Gasteiger partial charge in [0.15, 0.2) is 0 Å². The molecule has 0 radical (unpaired) electrons. The number of aromatic nitrogens is 2. The number of aliphatic hydroxyl groups is 1. The number of nitrogens with one attached hydrogen (secondary N) is 1. The van der Waals surface area contributed by atoms with Crippen molar-refractivity contribution in [2.75, 3.05) is 26.4 Å². The van der Waals surface area contributed by atoms with Gasteiger partial charge >= 0.3 is 0 Å². The van der Waals surface area contributed by atoms with E-state index in [0.717, 1.165) is 25.3 Å². The molecule has 0 saturated heterocycles. The lowest BCUT2D eigenvalue weighted by atomic mass is 10.2. The lowest BCUT2D eigenvalue weighted by Gasteiger charge is -2.08. The van der Waals surface area contributed by atoms with Gasteiger partial charge in [0.05, 0.1) is 32.1 Å². The first-order valence-corrected chi connectivity index (χ1v) is 6.98. The first-order valence-electron chi connectivity index (χ1n) is 6.98. The van der Waals surface area contributed by atoms with E-state index in [1.165, 1.54) is 11.3 Å². The number of ether oxygens (including phenoxy) is 1. The summed E-state index contributed by atoms with van der Waals surface area (Å²) in [5, 5.41) is 16.6. The third-order valence-corrected chi connectivity index (χ3v) is 3.07. The SMILES string of the molecule is Cc1nn(CCOCCO)c(C)c1CNCC(C)C. The third kappa shape index (κ3) is 5.30. The molecular formula is C14H27N3O2. The van der Waals surface area contributed by atoms with Crippen molar-refractivity contribution < 1.29 is 9.84 Å². The molecule has 1 aromatic heterocycles. The molecule has 0 aliphatic rings. The van der Waals surface area contributed by atoms with Gasteiger partial charge in [0.25, 0.3) is 0 Å². The molecule has 5 nitrogen and oxygen atoms in total. The van der Waals surface area contributed by atoms with Crippen molar-refractivity contribution >= 4 is 0 Å². The van der Waals surface area contributed by atoms with Crippen molar-refractivity contribution in [2.45, 2.75) is 40.8 Å². The van der Waals surface area contributed by atoms with Gasteiger partial charge in [-0.3, -0.25) is 4.68 Å². The fourth-order valence-corrected chi connectivity index (χ4v) is 2.01. The van der Waals surface area contributed by atoms with Crippen LogP contribution in [0.15, 0.2) is 0 Å². The Morgan fingerprint density at radius 3 is 2.68 bits per heavy atom. The maximum Gasteiger partial charge on any atom is 0.0698 e. The topological polar surface area (TPSA) is 59.3 Å². The van der Waals surface area contributed by atoms with Gasteiger partial charge in [-0.15, -0.1) is 0 Å². The van der Waals surface area contributed by atoms with Crippen LogP contribution in [0.3, 0.4) is 0 Å². The van der Waals surface area contributed by atoms with Crippen LogP contribution < -0.4 is 5.32 Å². The monoisotopic (exact) mass is 269 g/mol. The van der Waals surface area contributed by atoms with Crippen molar-refractivity contribution in [3.8, 4) is 0 Å². The largest absolute Gasteiger partial charge is 0.394 e. The fraction of sp³-hybridized carbons (Fsp3) is 0.786. The summed E-state index contributed by atoms with van der Waals surface area (Å²) in [5.74, 6) is 0.655. The van der Waals surface area contributed by atoms with Crippen LogP contribution in [0.2, 0.25) is 0 Å². The van der Waals surface area contributed by atoms with Crippen molar-refractivity contribution in [3.05, 3.63) is 17.0 Å². The second kappa shape index (κ2) is 8.30. The minimum absolute atomic E-state index is 0.0709.